The summed E-state index contributed by atoms with van der Waals surface area (Å²) < 4.78 is 5.59. The third-order valence-electron chi connectivity index (χ3n) is 6.43. The van der Waals surface area contributed by atoms with E-state index in [4.69, 9.17) is 4.74 Å². The third-order valence-corrected chi connectivity index (χ3v) is 6.43. The first kappa shape index (κ1) is 22.3. The monoisotopic (exact) mass is 457 g/mol. The van der Waals surface area contributed by atoms with Crippen molar-refractivity contribution in [1.29, 1.82) is 0 Å². The smallest absolute Gasteiger partial charge is 0.255 e. The molecule has 2 aliphatic heterocycles. The zero-order chi connectivity index (χ0) is 23.5. The van der Waals surface area contributed by atoms with Gasteiger partial charge in [0, 0.05) is 35.1 Å². The quantitative estimate of drug-likeness (QED) is 0.505. The zero-order valence-corrected chi connectivity index (χ0v) is 18.7. The number of anilines is 2. The van der Waals surface area contributed by atoms with E-state index < -0.39 is 0 Å². The Morgan fingerprint density at radius 3 is 2.41 bits per heavy atom. The van der Waals surface area contributed by atoms with E-state index in [0.717, 1.165) is 24.1 Å². The molecule has 2 heterocycles. The van der Waals surface area contributed by atoms with Gasteiger partial charge in [0.1, 0.15) is 0 Å². The standard InChI is InChI=1S/C27H27N3O4/c31-16-21-7-6-20(12-25(21)29-26(32)15-30-14-24-13-23(30)17-34-24)27(33)28-22-10-8-19(9-11-22)18-4-2-1-3-5-18/h1-12,23-24,31H,13-17H2,(H,28,33)(H,29,32). The molecule has 2 amide bonds. The number of aliphatic hydroxyl groups excluding tert-OH is 1. The normalized spacial score (nSPS) is 19.2. The molecule has 2 unspecified atom stereocenters. The first-order valence-corrected chi connectivity index (χ1v) is 11.4. The second-order valence-electron chi connectivity index (χ2n) is 8.75. The number of morpholine rings is 1. The van der Waals surface area contributed by atoms with Gasteiger partial charge in [0.2, 0.25) is 5.91 Å². The number of aliphatic hydroxyl groups is 1. The van der Waals surface area contributed by atoms with Crippen molar-refractivity contribution >= 4 is 23.2 Å². The molecule has 0 spiro atoms. The van der Waals surface area contributed by atoms with E-state index in [1.54, 1.807) is 18.2 Å². The van der Waals surface area contributed by atoms with Crippen LogP contribution in [0.4, 0.5) is 11.4 Å². The molecule has 7 nitrogen and oxygen atoms in total. The maximum absolute atomic E-state index is 12.9. The van der Waals surface area contributed by atoms with Gasteiger partial charge in [-0.25, -0.2) is 0 Å². The zero-order valence-electron chi connectivity index (χ0n) is 18.7. The highest BCUT2D eigenvalue weighted by molar-refractivity contribution is 6.05. The lowest BCUT2D eigenvalue weighted by Gasteiger charge is -2.26. The van der Waals surface area contributed by atoms with Gasteiger partial charge >= 0.3 is 0 Å². The van der Waals surface area contributed by atoms with E-state index in [1.807, 2.05) is 54.6 Å². The van der Waals surface area contributed by atoms with E-state index in [1.165, 1.54) is 0 Å². The molecule has 0 radical (unpaired) electrons. The average Bonchev–Trinajstić information content (AvgIpc) is 3.48. The number of rotatable bonds is 7. The molecule has 174 valence electrons. The molecular formula is C27H27N3O4. The number of ether oxygens (including phenoxy) is 1. The van der Waals surface area contributed by atoms with Crippen LogP contribution in [-0.4, -0.2) is 53.7 Å². The average molecular weight is 458 g/mol. The van der Waals surface area contributed by atoms with Gasteiger partial charge in [0.15, 0.2) is 0 Å². The fourth-order valence-electron chi connectivity index (χ4n) is 4.60. The lowest BCUT2D eigenvalue weighted by Crippen LogP contribution is -2.41. The second-order valence-corrected chi connectivity index (χ2v) is 8.75. The van der Waals surface area contributed by atoms with Crippen molar-refractivity contribution < 1.29 is 19.4 Å². The van der Waals surface area contributed by atoms with Crippen molar-refractivity contribution in [3.63, 3.8) is 0 Å². The summed E-state index contributed by atoms with van der Waals surface area (Å²) in [4.78, 5) is 27.6. The van der Waals surface area contributed by atoms with E-state index in [9.17, 15) is 14.7 Å². The fraction of sp³-hybridized carbons (Fsp3) is 0.259. The number of likely N-dealkylation sites (tertiary alicyclic amines) is 1. The summed E-state index contributed by atoms with van der Waals surface area (Å²) in [6, 6.07) is 22.9. The summed E-state index contributed by atoms with van der Waals surface area (Å²) in [5.74, 6) is -0.460. The Balaban J connectivity index is 1.25. The van der Waals surface area contributed by atoms with Gasteiger partial charge < -0.3 is 20.5 Å². The number of nitrogens with zero attached hydrogens (tertiary/aromatic N) is 1. The topological polar surface area (TPSA) is 90.9 Å². The molecule has 3 N–H and O–H groups in total. The summed E-state index contributed by atoms with van der Waals surface area (Å²) in [5, 5.41) is 15.5. The first-order valence-electron chi connectivity index (χ1n) is 11.4. The van der Waals surface area contributed by atoms with Crippen LogP contribution >= 0.6 is 0 Å². The van der Waals surface area contributed by atoms with Crippen LogP contribution in [0.5, 0.6) is 0 Å². The van der Waals surface area contributed by atoms with Gasteiger partial charge in [-0.1, -0.05) is 48.5 Å². The molecular weight excluding hydrogens is 430 g/mol. The molecule has 2 bridgehead atoms. The number of carbonyl (C=O) groups is 2. The lowest BCUT2D eigenvalue weighted by molar-refractivity contribution is -0.118. The predicted molar refractivity (Wildman–Crippen MR) is 131 cm³/mol. The van der Waals surface area contributed by atoms with Crippen LogP contribution in [0.2, 0.25) is 0 Å². The van der Waals surface area contributed by atoms with Crippen LogP contribution in [0.15, 0.2) is 72.8 Å². The number of carbonyl (C=O) groups excluding carboxylic acids is 2. The fourth-order valence-corrected chi connectivity index (χ4v) is 4.60. The van der Waals surface area contributed by atoms with E-state index in [0.29, 0.717) is 35.2 Å². The van der Waals surface area contributed by atoms with Crippen molar-refractivity contribution in [2.45, 2.75) is 25.2 Å². The van der Waals surface area contributed by atoms with E-state index in [2.05, 4.69) is 15.5 Å². The Morgan fingerprint density at radius 2 is 1.74 bits per heavy atom. The molecule has 0 aliphatic carbocycles. The van der Waals surface area contributed by atoms with Crippen molar-refractivity contribution in [2.24, 2.45) is 0 Å². The van der Waals surface area contributed by atoms with Gasteiger partial charge in [-0.2, -0.15) is 0 Å². The van der Waals surface area contributed by atoms with Gasteiger partial charge in [0.05, 0.1) is 25.9 Å². The van der Waals surface area contributed by atoms with Crippen LogP contribution in [0, 0.1) is 0 Å². The summed E-state index contributed by atoms with van der Waals surface area (Å²) in [6.45, 7) is 1.46. The Kier molecular flexibility index (Phi) is 6.40. The Morgan fingerprint density at radius 1 is 0.971 bits per heavy atom. The van der Waals surface area contributed by atoms with E-state index in [-0.39, 0.29) is 31.1 Å². The third kappa shape index (κ3) is 4.87. The first-order chi connectivity index (χ1) is 16.6. The summed E-state index contributed by atoms with van der Waals surface area (Å²) in [7, 11) is 0. The molecule has 34 heavy (non-hydrogen) atoms. The number of fused-ring (bicyclic) bond motifs is 2. The molecule has 0 aromatic heterocycles. The van der Waals surface area contributed by atoms with Crippen molar-refractivity contribution in [3.8, 4) is 11.1 Å². The molecule has 0 saturated carbocycles. The summed E-state index contributed by atoms with van der Waals surface area (Å²) >= 11 is 0. The minimum atomic E-state index is -0.290. The van der Waals surface area contributed by atoms with Crippen molar-refractivity contribution in [3.05, 3.63) is 83.9 Å². The van der Waals surface area contributed by atoms with Crippen LogP contribution in [-0.2, 0) is 16.1 Å². The largest absolute Gasteiger partial charge is 0.392 e. The predicted octanol–water partition coefficient (Wildman–Crippen LogP) is 3.51. The minimum absolute atomic E-state index is 0.170. The van der Waals surface area contributed by atoms with Crippen LogP contribution in [0.1, 0.15) is 22.3 Å². The Labute approximate surface area is 198 Å². The highest BCUT2D eigenvalue weighted by atomic mass is 16.5. The van der Waals surface area contributed by atoms with Gasteiger partial charge in [0.25, 0.3) is 5.91 Å². The number of hydrogen-bond donors (Lipinski definition) is 3. The minimum Gasteiger partial charge on any atom is -0.392 e. The Hall–Kier alpha value is -3.52. The van der Waals surface area contributed by atoms with Gasteiger partial charge in [-0.05, 0) is 41.8 Å². The van der Waals surface area contributed by atoms with Crippen molar-refractivity contribution in [2.75, 3.05) is 30.3 Å². The SMILES string of the molecule is O=C(CN1CC2CC1CO2)Nc1cc(C(=O)Nc2ccc(-c3ccccc3)cc2)ccc1CO. The molecule has 3 aromatic rings. The van der Waals surface area contributed by atoms with Crippen LogP contribution < -0.4 is 10.6 Å². The second kappa shape index (κ2) is 9.77. The number of benzene rings is 3. The summed E-state index contributed by atoms with van der Waals surface area (Å²) in [5.41, 5.74) is 4.24. The molecule has 2 saturated heterocycles. The highest BCUT2D eigenvalue weighted by Crippen LogP contribution is 2.28. The van der Waals surface area contributed by atoms with Crippen LogP contribution in [0.3, 0.4) is 0 Å². The maximum Gasteiger partial charge on any atom is 0.255 e. The molecule has 5 rings (SSSR count). The van der Waals surface area contributed by atoms with Crippen molar-refractivity contribution in [1.82, 2.24) is 4.90 Å². The molecule has 2 atom stereocenters. The molecule has 2 fully saturated rings. The lowest BCUT2D eigenvalue weighted by atomic mass is 10.1. The van der Waals surface area contributed by atoms with Crippen LogP contribution in [0.25, 0.3) is 11.1 Å². The van der Waals surface area contributed by atoms with Gasteiger partial charge in [-0.15, -0.1) is 0 Å². The summed E-state index contributed by atoms with van der Waals surface area (Å²) in [6.07, 6.45) is 1.19. The van der Waals surface area contributed by atoms with E-state index >= 15 is 0 Å². The molecule has 7 heteroatoms. The highest BCUT2D eigenvalue weighted by Gasteiger charge is 2.39. The molecule has 3 aromatic carbocycles. The number of nitrogens with one attached hydrogen (secondary N) is 2. The number of hydrogen-bond acceptors (Lipinski definition) is 5. The molecule has 2 aliphatic rings. The Bertz CT molecular complexity index is 1180. The number of amides is 2. The van der Waals surface area contributed by atoms with Gasteiger partial charge in [-0.3, -0.25) is 14.5 Å². The maximum atomic E-state index is 12.9.